The number of aliphatic imine (C=N–C) groups is 2. The van der Waals surface area contributed by atoms with Gasteiger partial charge in [-0.1, -0.05) is 59.6 Å². The lowest BCUT2D eigenvalue weighted by atomic mass is 9.92. The first-order valence-corrected chi connectivity index (χ1v) is 23.6. The van der Waals surface area contributed by atoms with Gasteiger partial charge in [-0.2, -0.15) is 0 Å². The zero-order chi connectivity index (χ0) is 49.7. The van der Waals surface area contributed by atoms with Crippen LogP contribution in [0.25, 0.3) is 11.1 Å². The van der Waals surface area contributed by atoms with Crippen LogP contribution >= 0.6 is 23.2 Å². The lowest BCUT2D eigenvalue weighted by Gasteiger charge is -2.19. The van der Waals surface area contributed by atoms with E-state index < -0.39 is 11.9 Å². The second kappa shape index (κ2) is 24.1. The van der Waals surface area contributed by atoms with Gasteiger partial charge in [-0.25, -0.2) is 0 Å². The topological polar surface area (TPSA) is 186 Å². The van der Waals surface area contributed by atoms with Gasteiger partial charge in [0.1, 0.15) is 49.4 Å². The Balaban J connectivity index is 1.07. The maximum absolute atomic E-state index is 11.3. The Morgan fingerprint density at radius 1 is 0.657 bits per heavy atom. The summed E-state index contributed by atoms with van der Waals surface area (Å²) in [7, 11) is 1.70. The van der Waals surface area contributed by atoms with Crippen molar-refractivity contribution in [3.63, 3.8) is 0 Å². The number of aliphatic carboxylic acids is 2. The Hall–Kier alpha value is -6.84. The average Bonchev–Trinajstić information content (AvgIpc) is 4.18. The van der Waals surface area contributed by atoms with Gasteiger partial charge in [-0.15, -0.1) is 0 Å². The number of hydrogen-bond donors (Lipinski definition) is 4. The monoisotopic (exact) mass is 986 g/mol. The minimum absolute atomic E-state index is 0.0340. The number of carboxylic acid groups (broad SMARTS) is 2. The van der Waals surface area contributed by atoms with Crippen LogP contribution < -0.4 is 29.6 Å². The first-order valence-electron chi connectivity index (χ1n) is 22.8. The van der Waals surface area contributed by atoms with E-state index in [2.05, 4.69) is 56.6 Å². The summed E-state index contributed by atoms with van der Waals surface area (Å²) in [6.07, 6.45) is 8.65. The van der Waals surface area contributed by atoms with Crippen LogP contribution in [0.1, 0.15) is 82.3 Å². The van der Waals surface area contributed by atoms with Crippen molar-refractivity contribution in [3.05, 3.63) is 163 Å². The summed E-state index contributed by atoms with van der Waals surface area (Å²) in [5.41, 5.74) is 12.1. The molecule has 70 heavy (non-hydrogen) atoms. The van der Waals surface area contributed by atoms with Gasteiger partial charge >= 0.3 is 11.9 Å². The average molecular weight is 988 g/mol. The van der Waals surface area contributed by atoms with Crippen LogP contribution in [0.2, 0.25) is 10.0 Å². The fourth-order valence-electron chi connectivity index (χ4n) is 7.80. The number of ether oxygens (including phenoxy) is 4. The molecule has 0 radical (unpaired) electrons. The maximum Gasteiger partial charge on any atom is 0.304 e. The molecule has 6 aromatic rings. The minimum atomic E-state index is -0.893. The standard InChI is InChI=1S/C54H56Cl2N6O8/c1-32(12-53(63)64)60-25-42-16-46(55)51(18-49(42)67-28-37-14-36(20-57-5)21-58-22-37)69-30-39-8-6-10-44(34(39)3)45-11-7-9-40(35(45)4)31-70-52-19-50(43(17-47(52)56)26-61-33(2)13-54(65)66)68-29-38-15-41(24-59-23-38)48-27-62-48/h6-11,14-24,32-33,60-61H,12-13,25-31H2,1-5H3,(H,63,64)(H,65,66). The van der Waals surface area contributed by atoms with E-state index in [1.165, 1.54) is 0 Å². The van der Waals surface area contributed by atoms with Crippen LogP contribution in [0.3, 0.4) is 0 Å². The molecule has 0 saturated carbocycles. The van der Waals surface area contributed by atoms with Crippen LogP contribution in [0.15, 0.2) is 108 Å². The highest BCUT2D eigenvalue weighted by atomic mass is 35.5. The lowest BCUT2D eigenvalue weighted by molar-refractivity contribution is -0.138. The number of hydrogen-bond acceptors (Lipinski definition) is 12. The van der Waals surface area contributed by atoms with E-state index in [4.69, 9.17) is 42.1 Å². The van der Waals surface area contributed by atoms with E-state index in [1.54, 1.807) is 62.3 Å². The predicted octanol–water partition coefficient (Wildman–Crippen LogP) is 10.1. The Bertz CT molecular complexity index is 2910. The number of carbonyl (C=O) groups is 2. The summed E-state index contributed by atoms with van der Waals surface area (Å²) >= 11 is 13.7. The first kappa shape index (κ1) is 51.0. The molecule has 4 aromatic carbocycles. The molecule has 1 aliphatic heterocycles. The van der Waals surface area contributed by atoms with E-state index >= 15 is 0 Å². The van der Waals surface area contributed by atoms with Gasteiger partial charge in [0, 0.05) is 109 Å². The van der Waals surface area contributed by atoms with Crippen LogP contribution in [0.5, 0.6) is 23.0 Å². The van der Waals surface area contributed by atoms with Gasteiger partial charge in [0.15, 0.2) is 0 Å². The van der Waals surface area contributed by atoms with Gasteiger partial charge in [0.25, 0.3) is 0 Å². The molecule has 14 nitrogen and oxygen atoms in total. The van der Waals surface area contributed by atoms with Crippen molar-refractivity contribution in [2.75, 3.05) is 13.6 Å². The van der Waals surface area contributed by atoms with Gasteiger partial charge in [-0.3, -0.25) is 29.5 Å². The maximum atomic E-state index is 11.3. The largest absolute Gasteiger partial charge is 0.488 e. The van der Waals surface area contributed by atoms with Crippen molar-refractivity contribution in [1.29, 1.82) is 0 Å². The van der Waals surface area contributed by atoms with E-state index in [0.717, 1.165) is 72.5 Å². The number of rotatable bonds is 25. The van der Waals surface area contributed by atoms with Gasteiger partial charge in [-0.05, 0) is 85.3 Å². The number of carboxylic acids is 2. The second-order valence-corrected chi connectivity index (χ2v) is 18.0. The quantitative estimate of drug-likeness (QED) is 0.0399. The fourth-order valence-corrected chi connectivity index (χ4v) is 8.29. The molecule has 0 bridgehead atoms. The summed E-state index contributed by atoms with van der Waals surface area (Å²) in [5, 5.41) is 25.9. The van der Waals surface area contributed by atoms with E-state index in [9.17, 15) is 19.8 Å². The van der Waals surface area contributed by atoms with E-state index in [1.807, 2.05) is 50.2 Å². The zero-order valence-electron chi connectivity index (χ0n) is 39.7. The molecule has 0 spiro atoms. The second-order valence-electron chi connectivity index (χ2n) is 17.2. The van der Waals surface area contributed by atoms with Crippen LogP contribution in [-0.4, -0.2) is 69.7 Å². The van der Waals surface area contributed by atoms with Crippen LogP contribution in [0, 0.1) is 13.8 Å². The molecule has 7 rings (SSSR count). The number of benzene rings is 4. The minimum Gasteiger partial charge on any atom is -0.488 e. The fraction of sp³-hybridized carbons (Fsp3) is 0.296. The number of halogens is 2. The summed E-state index contributed by atoms with van der Waals surface area (Å²) in [4.78, 5) is 39.7. The van der Waals surface area contributed by atoms with Crippen molar-refractivity contribution in [2.24, 2.45) is 9.98 Å². The molecule has 364 valence electrons. The van der Waals surface area contributed by atoms with E-state index in [-0.39, 0.29) is 51.4 Å². The highest BCUT2D eigenvalue weighted by Gasteiger charge is 2.19. The Labute approximate surface area is 417 Å². The number of nitrogens with zero attached hydrogens (tertiary/aromatic N) is 4. The molecular formula is C54H56Cl2N6O8. The third-order valence-electron chi connectivity index (χ3n) is 11.7. The van der Waals surface area contributed by atoms with Crippen molar-refractivity contribution in [1.82, 2.24) is 20.6 Å². The molecule has 3 heterocycles. The molecule has 0 aliphatic carbocycles. The van der Waals surface area contributed by atoms with Gasteiger partial charge in [0.2, 0.25) is 0 Å². The van der Waals surface area contributed by atoms with Crippen molar-refractivity contribution in [2.45, 2.75) is 92.1 Å². The molecule has 16 heteroatoms. The highest BCUT2D eigenvalue weighted by molar-refractivity contribution is 6.32. The van der Waals surface area contributed by atoms with Gasteiger partial charge < -0.3 is 39.8 Å². The van der Waals surface area contributed by atoms with E-state index in [0.29, 0.717) is 52.7 Å². The Morgan fingerprint density at radius 2 is 1.13 bits per heavy atom. The molecule has 0 fully saturated rings. The van der Waals surface area contributed by atoms with Crippen molar-refractivity contribution in [3.8, 4) is 34.1 Å². The Kier molecular flexibility index (Phi) is 17.6. The molecule has 4 N–H and O–H groups in total. The SMILES string of the molecule is CN=Cc1cncc(COc2cc(OCc3cccc(-c4cccc(COc5cc(OCc6cncc(C7=NC7)c6)c(CNC(C)CC(=O)O)cc5Cl)c4C)c3C)c(Cl)cc2CNC(C)CC(=O)O)c1. The first-order chi connectivity index (χ1) is 33.7. The molecule has 2 atom stereocenters. The molecule has 1 aliphatic rings. The summed E-state index contributed by atoms with van der Waals surface area (Å²) < 4.78 is 25.6. The molecule has 2 aromatic heterocycles. The lowest BCUT2D eigenvalue weighted by Crippen LogP contribution is -2.28. The van der Waals surface area contributed by atoms with Crippen molar-refractivity contribution >= 4 is 47.1 Å². The third-order valence-corrected chi connectivity index (χ3v) is 12.3. The van der Waals surface area contributed by atoms with Gasteiger partial charge in [0.05, 0.1) is 35.1 Å². The summed E-state index contributed by atoms with van der Waals surface area (Å²) in [6, 6.07) is 22.8. The molecule has 2 unspecified atom stereocenters. The summed E-state index contributed by atoms with van der Waals surface area (Å²) in [5.74, 6) is 0.174. The molecule has 0 saturated heterocycles. The van der Waals surface area contributed by atoms with Crippen LogP contribution in [0.4, 0.5) is 0 Å². The zero-order valence-corrected chi connectivity index (χ0v) is 41.2. The molecule has 0 amide bonds. The number of nitrogens with one attached hydrogen (secondary N) is 2. The third kappa shape index (κ3) is 14.1. The smallest absolute Gasteiger partial charge is 0.304 e. The Morgan fingerprint density at radius 3 is 1.60 bits per heavy atom. The highest BCUT2D eigenvalue weighted by Crippen LogP contribution is 2.37. The van der Waals surface area contributed by atoms with Crippen LogP contribution in [-0.2, 0) is 49.1 Å². The molecular weight excluding hydrogens is 932 g/mol. The predicted molar refractivity (Wildman–Crippen MR) is 272 cm³/mol. The number of aromatic nitrogens is 2. The number of pyridine rings is 2. The van der Waals surface area contributed by atoms with Crippen molar-refractivity contribution < 1.29 is 38.7 Å². The summed E-state index contributed by atoms with van der Waals surface area (Å²) in [6.45, 7) is 10.0. The normalized spacial score (nSPS) is 12.9.